The van der Waals surface area contributed by atoms with Crippen molar-refractivity contribution < 1.29 is 4.74 Å². The number of anilines is 1. The lowest BCUT2D eigenvalue weighted by molar-refractivity contribution is 0.193. The van der Waals surface area contributed by atoms with Crippen LogP contribution in [0.5, 0.6) is 0 Å². The van der Waals surface area contributed by atoms with Gasteiger partial charge in [-0.15, -0.1) is 0 Å². The highest BCUT2D eigenvalue weighted by Crippen LogP contribution is 2.24. The number of likely N-dealkylation sites (N-methyl/N-ethyl adjacent to an activating group) is 1. The first kappa shape index (κ1) is 17.1. The highest BCUT2D eigenvalue weighted by atomic mass is 35.5. The van der Waals surface area contributed by atoms with E-state index in [-0.39, 0.29) is 0 Å². The van der Waals surface area contributed by atoms with Crippen LogP contribution >= 0.6 is 11.6 Å². The van der Waals surface area contributed by atoms with Gasteiger partial charge >= 0.3 is 0 Å². The summed E-state index contributed by atoms with van der Waals surface area (Å²) in [6, 6.07) is 3.98. The first-order valence-electron chi connectivity index (χ1n) is 8.13. The lowest BCUT2D eigenvalue weighted by Gasteiger charge is -2.18. The average molecular weight is 348 g/mol. The molecule has 2 aromatic heterocycles. The number of ether oxygens (including phenoxy) is 1. The zero-order valence-corrected chi connectivity index (χ0v) is 14.5. The third kappa shape index (κ3) is 4.63. The van der Waals surface area contributed by atoms with Crippen molar-refractivity contribution >= 4 is 17.4 Å². The monoisotopic (exact) mass is 347 g/mol. The van der Waals surface area contributed by atoms with E-state index < -0.39 is 0 Å². The molecule has 24 heavy (non-hydrogen) atoms. The van der Waals surface area contributed by atoms with E-state index in [0.29, 0.717) is 10.9 Å². The molecule has 1 atom stereocenters. The maximum atomic E-state index is 6.15. The molecule has 0 aliphatic carbocycles. The normalized spacial score (nSPS) is 17.4. The Morgan fingerprint density at radius 1 is 1.42 bits per heavy atom. The summed E-state index contributed by atoms with van der Waals surface area (Å²) < 4.78 is 5.43. The van der Waals surface area contributed by atoms with E-state index in [1.54, 1.807) is 18.7 Å². The molecule has 3 heterocycles. The second kappa shape index (κ2) is 8.37. The molecule has 0 aromatic carbocycles. The van der Waals surface area contributed by atoms with Crippen LogP contribution in [0.2, 0.25) is 5.02 Å². The Kier molecular flexibility index (Phi) is 5.96. The van der Waals surface area contributed by atoms with Crippen LogP contribution in [0.4, 0.5) is 5.82 Å². The van der Waals surface area contributed by atoms with Crippen LogP contribution in [0.3, 0.4) is 0 Å². The van der Waals surface area contributed by atoms with Gasteiger partial charge in [-0.05, 0) is 25.1 Å². The van der Waals surface area contributed by atoms with Crippen LogP contribution in [0.1, 0.15) is 23.6 Å². The Hall–Kier alpha value is -1.76. The van der Waals surface area contributed by atoms with E-state index >= 15 is 0 Å². The lowest BCUT2D eigenvalue weighted by atomic mass is 10.1. The van der Waals surface area contributed by atoms with Crippen molar-refractivity contribution in [1.29, 1.82) is 0 Å². The van der Waals surface area contributed by atoms with Gasteiger partial charge in [0.2, 0.25) is 0 Å². The van der Waals surface area contributed by atoms with Crippen molar-refractivity contribution in [2.24, 2.45) is 0 Å². The number of hydrogen-bond acceptors (Lipinski definition) is 6. The quantitative estimate of drug-likeness (QED) is 0.830. The Balaban J connectivity index is 1.47. The highest BCUT2D eigenvalue weighted by Gasteiger charge is 2.19. The molecule has 1 fully saturated rings. The molecule has 1 saturated heterocycles. The molecule has 0 radical (unpaired) electrons. The van der Waals surface area contributed by atoms with Gasteiger partial charge in [-0.2, -0.15) is 0 Å². The number of pyridine rings is 1. The Bertz CT molecular complexity index is 663. The lowest BCUT2D eigenvalue weighted by Crippen LogP contribution is -2.25. The summed E-state index contributed by atoms with van der Waals surface area (Å²) in [5.74, 6) is 1.26. The summed E-state index contributed by atoms with van der Waals surface area (Å²) in [5, 5.41) is 4.07. The number of nitrogens with zero attached hydrogens (tertiary/aromatic N) is 4. The van der Waals surface area contributed by atoms with Gasteiger partial charge in [0.05, 0.1) is 17.3 Å². The topological polar surface area (TPSA) is 63.2 Å². The third-order valence-corrected chi connectivity index (χ3v) is 4.47. The van der Waals surface area contributed by atoms with E-state index in [9.17, 15) is 0 Å². The second-order valence-electron chi connectivity index (χ2n) is 6.02. The van der Waals surface area contributed by atoms with Crippen LogP contribution in [-0.4, -0.2) is 53.2 Å². The fourth-order valence-corrected chi connectivity index (χ4v) is 2.92. The Labute approximate surface area is 147 Å². The van der Waals surface area contributed by atoms with Crippen molar-refractivity contribution in [2.45, 2.75) is 18.9 Å². The predicted octanol–water partition coefficient (Wildman–Crippen LogP) is 2.57. The molecule has 3 rings (SSSR count). The number of hydrogen-bond donors (Lipinski definition) is 1. The van der Waals surface area contributed by atoms with Gasteiger partial charge in [0, 0.05) is 50.6 Å². The summed E-state index contributed by atoms with van der Waals surface area (Å²) in [6.07, 6.45) is 6.10. The van der Waals surface area contributed by atoms with Gasteiger partial charge < -0.3 is 15.0 Å². The smallest absolute Gasteiger partial charge is 0.129 e. The molecular formula is C17H22ClN5O. The fourth-order valence-electron chi connectivity index (χ4n) is 2.74. The molecule has 1 aliphatic heterocycles. The van der Waals surface area contributed by atoms with Crippen molar-refractivity contribution in [3.05, 3.63) is 47.1 Å². The molecular weight excluding hydrogens is 326 g/mol. The molecule has 0 spiro atoms. The minimum Gasteiger partial charge on any atom is -0.381 e. The number of aromatic nitrogens is 3. The Morgan fingerprint density at radius 3 is 3.12 bits per heavy atom. The summed E-state index contributed by atoms with van der Waals surface area (Å²) in [6.45, 7) is 4.05. The molecule has 7 heteroatoms. The van der Waals surface area contributed by atoms with Crippen molar-refractivity contribution in [2.75, 3.05) is 38.7 Å². The minimum absolute atomic E-state index is 0.394. The number of nitrogens with one attached hydrogen (secondary N) is 1. The predicted molar refractivity (Wildman–Crippen MR) is 94.3 cm³/mol. The van der Waals surface area contributed by atoms with Crippen LogP contribution in [0.15, 0.2) is 30.9 Å². The van der Waals surface area contributed by atoms with Crippen molar-refractivity contribution in [3.8, 4) is 0 Å². The van der Waals surface area contributed by atoms with Crippen LogP contribution < -0.4 is 5.32 Å². The molecule has 0 bridgehead atoms. The molecule has 128 valence electrons. The van der Waals surface area contributed by atoms with Gasteiger partial charge in [0.1, 0.15) is 12.1 Å². The van der Waals surface area contributed by atoms with Gasteiger partial charge in [0.25, 0.3) is 0 Å². The zero-order chi connectivity index (χ0) is 16.8. The number of rotatable bonds is 7. The van der Waals surface area contributed by atoms with Gasteiger partial charge in [-0.1, -0.05) is 11.6 Å². The first-order chi connectivity index (χ1) is 11.7. The second-order valence-corrected chi connectivity index (χ2v) is 6.43. The molecule has 0 saturated carbocycles. The fraction of sp³-hybridized carbons (Fsp3) is 0.471. The van der Waals surface area contributed by atoms with E-state index in [4.69, 9.17) is 16.3 Å². The third-order valence-electron chi connectivity index (χ3n) is 4.13. The zero-order valence-electron chi connectivity index (χ0n) is 13.8. The average Bonchev–Trinajstić information content (AvgIpc) is 3.12. The van der Waals surface area contributed by atoms with E-state index in [1.165, 1.54) is 0 Å². The summed E-state index contributed by atoms with van der Waals surface area (Å²) in [4.78, 5) is 14.9. The summed E-state index contributed by atoms with van der Waals surface area (Å²) in [7, 11) is 2.07. The summed E-state index contributed by atoms with van der Waals surface area (Å²) >= 11 is 6.15. The van der Waals surface area contributed by atoms with Crippen molar-refractivity contribution in [3.63, 3.8) is 0 Å². The van der Waals surface area contributed by atoms with Gasteiger partial charge in [0.15, 0.2) is 0 Å². The highest BCUT2D eigenvalue weighted by molar-refractivity contribution is 6.31. The van der Waals surface area contributed by atoms with E-state index in [2.05, 4.69) is 32.2 Å². The van der Waals surface area contributed by atoms with Crippen LogP contribution in [-0.2, 0) is 11.3 Å². The molecule has 6 nitrogen and oxygen atoms in total. The molecule has 0 unspecified atom stereocenters. The summed E-state index contributed by atoms with van der Waals surface area (Å²) in [5.41, 5.74) is 2.14. The number of halogens is 1. The Morgan fingerprint density at radius 2 is 2.33 bits per heavy atom. The molecule has 1 N–H and O–H groups in total. The molecule has 0 amide bonds. The largest absolute Gasteiger partial charge is 0.381 e. The molecule has 1 aliphatic rings. The van der Waals surface area contributed by atoms with Crippen LogP contribution in [0.25, 0.3) is 0 Å². The van der Waals surface area contributed by atoms with Gasteiger partial charge in [-0.3, -0.25) is 4.98 Å². The maximum absolute atomic E-state index is 6.15. The van der Waals surface area contributed by atoms with Gasteiger partial charge in [-0.25, -0.2) is 9.97 Å². The first-order valence-corrected chi connectivity index (χ1v) is 8.50. The van der Waals surface area contributed by atoms with Crippen LogP contribution in [0, 0.1) is 0 Å². The molecule has 2 aromatic rings. The SMILES string of the molecule is CN(CCNc1cc([C@@H]2CCOC2)ncn1)Cc1ccncc1Cl. The van der Waals surface area contributed by atoms with Crippen molar-refractivity contribution in [1.82, 2.24) is 19.9 Å². The standard InChI is InChI=1S/C17H22ClN5O/c1-23(10-13-2-4-19-9-15(13)18)6-5-20-17-8-16(21-12-22-17)14-3-7-24-11-14/h2,4,8-9,12,14H,3,5-7,10-11H2,1H3,(H,20,21,22)/t14-/m1/s1. The minimum atomic E-state index is 0.394. The van der Waals surface area contributed by atoms with E-state index in [0.717, 1.165) is 56.3 Å². The van der Waals surface area contributed by atoms with E-state index in [1.807, 2.05) is 12.1 Å². The maximum Gasteiger partial charge on any atom is 0.129 e.